The highest BCUT2D eigenvalue weighted by Crippen LogP contribution is 2.40. The highest BCUT2D eigenvalue weighted by atomic mass is 16.5. The second-order valence-electron chi connectivity index (χ2n) is 7.87. The third kappa shape index (κ3) is 3.83. The van der Waals surface area contributed by atoms with Crippen molar-refractivity contribution in [2.24, 2.45) is 5.41 Å². The number of carbonyl (C=O) groups is 1. The largest absolute Gasteiger partial charge is 0.437 e. The lowest BCUT2D eigenvalue weighted by atomic mass is 9.80. The molecule has 1 aromatic heterocycles. The van der Waals surface area contributed by atoms with E-state index in [1.807, 2.05) is 43.0 Å². The number of amides is 2. The van der Waals surface area contributed by atoms with E-state index >= 15 is 0 Å². The van der Waals surface area contributed by atoms with E-state index < -0.39 is 0 Å². The maximum atomic E-state index is 12.9. The minimum atomic E-state index is -0.0952. The predicted octanol–water partition coefficient (Wildman–Crippen LogP) is 4.53. The Kier molecular flexibility index (Phi) is 5.22. The summed E-state index contributed by atoms with van der Waals surface area (Å²) in [5.41, 5.74) is 3.02. The van der Waals surface area contributed by atoms with Gasteiger partial charge in [0.25, 0.3) is 0 Å². The normalized spacial score (nSPS) is 18.3. The molecule has 2 amide bonds. The molecule has 1 N–H and O–H groups in total. The summed E-state index contributed by atoms with van der Waals surface area (Å²) in [5, 5.41) is 3.00. The van der Waals surface area contributed by atoms with E-state index in [0.29, 0.717) is 11.6 Å². The Labute approximate surface area is 165 Å². The topological polar surface area (TPSA) is 63.7 Å². The first-order chi connectivity index (χ1) is 13.6. The molecule has 2 aliphatic rings. The van der Waals surface area contributed by atoms with Gasteiger partial charge in [0.15, 0.2) is 0 Å². The zero-order chi connectivity index (χ0) is 19.6. The molecule has 2 saturated heterocycles. The molecular formula is C22H27N3O3. The number of benzene rings is 1. The van der Waals surface area contributed by atoms with Gasteiger partial charge in [-0.2, -0.15) is 0 Å². The van der Waals surface area contributed by atoms with E-state index in [0.717, 1.165) is 62.4 Å². The minimum Gasteiger partial charge on any atom is -0.437 e. The SMILES string of the molecule is Cc1cccc(Oc2ncccc2NC(=O)N2CCC3(CCOCC3)C2)c1C. The number of nitrogens with zero attached hydrogens (tertiary/aromatic N) is 2. The van der Waals surface area contributed by atoms with E-state index in [1.54, 1.807) is 12.3 Å². The Morgan fingerprint density at radius 1 is 1.18 bits per heavy atom. The van der Waals surface area contributed by atoms with Crippen molar-refractivity contribution in [3.05, 3.63) is 47.7 Å². The van der Waals surface area contributed by atoms with E-state index in [9.17, 15) is 4.79 Å². The molecule has 148 valence electrons. The van der Waals surface area contributed by atoms with Crippen molar-refractivity contribution in [1.82, 2.24) is 9.88 Å². The second kappa shape index (κ2) is 7.80. The first kappa shape index (κ1) is 18.7. The molecule has 1 spiro atoms. The first-order valence-electron chi connectivity index (χ1n) is 9.89. The predicted molar refractivity (Wildman–Crippen MR) is 108 cm³/mol. The number of anilines is 1. The zero-order valence-electron chi connectivity index (χ0n) is 16.5. The summed E-state index contributed by atoms with van der Waals surface area (Å²) in [5.74, 6) is 1.15. The number of urea groups is 1. The Hall–Kier alpha value is -2.60. The van der Waals surface area contributed by atoms with Crippen LogP contribution in [0.5, 0.6) is 11.6 Å². The Morgan fingerprint density at radius 3 is 2.82 bits per heavy atom. The van der Waals surface area contributed by atoms with Crippen LogP contribution in [0.25, 0.3) is 0 Å². The fourth-order valence-electron chi connectivity index (χ4n) is 4.02. The molecule has 6 heteroatoms. The van der Waals surface area contributed by atoms with Crippen LogP contribution in [0, 0.1) is 19.3 Å². The molecule has 3 heterocycles. The Bertz CT molecular complexity index is 862. The summed E-state index contributed by atoms with van der Waals surface area (Å²) in [4.78, 5) is 19.1. The van der Waals surface area contributed by atoms with E-state index in [-0.39, 0.29) is 11.4 Å². The molecule has 0 aliphatic carbocycles. The van der Waals surface area contributed by atoms with Crippen LogP contribution in [0.4, 0.5) is 10.5 Å². The lowest BCUT2D eigenvalue weighted by Gasteiger charge is -2.33. The van der Waals surface area contributed by atoms with Gasteiger partial charge in [0.05, 0.1) is 0 Å². The molecule has 2 aliphatic heterocycles. The summed E-state index contributed by atoms with van der Waals surface area (Å²) in [6.45, 7) is 7.22. The number of aryl methyl sites for hydroxylation is 1. The van der Waals surface area contributed by atoms with Crippen LogP contribution in [-0.4, -0.2) is 42.2 Å². The van der Waals surface area contributed by atoms with Gasteiger partial charge in [-0.15, -0.1) is 0 Å². The average Bonchev–Trinajstić information content (AvgIpc) is 3.11. The number of aromatic nitrogens is 1. The molecule has 0 radical (unpaired) electrons. The van der Waals surface area contributed by atoms with Gasteiger partial charge >= 0.3 is 6.03 Å². The number of likely N-dealkylation sites (tertiary alicyclic amines) is 1. The smallest absolute Gasteiger partial charge is 0.322 e. The van der Waals surface area contributed by atoms with E-state index in [1.165, 1.54) is 0 Å². The Balaban J connectivity index is 1.47. The third-order valence-corrected chi connectivity index (χ3v) is 6.05. The van der Waals surface area contributed by atoms with Gasteiger partial charge in [0.2, 0.25) is 5.88 Å². The van der Waals surface area contributed by atoms with Crippen molar-refractivity contribution < 1.29 is 14.3 Å². The van der Waals surface area contributed by atoms with E-state index in [4.69, 9.17) is 9.47 Å². The lowest BCUT2D eigenvalue weighted by molar-refractivity contribution is 0.0211. The summed E-state index contributed by atoms with van der Waals surface area (Å²) < 4.78 is 11.5. The maximum Gasteiger partial charge on any atom is 0.322 e. The van der Waals surface area contributed by atoms with Crippen LogP contribution in [0.2, 0.25) is 0 Å². The molecule has 0 saturated carbocycles. The molecule has 0 atom stereocenters. The van der Waals surface area contributed by atoms with Crippen molar-refractivity contribution >= 4 is 11.7 Å². The number of rotatable bonds is 3. The van der Waals surface area contributed by atoms with Gasteiger partial charge in [0.1, 0.15) is 11.4 Å². The lowest BCUT2D eigenvalue weighted by Crippen LogP contribution is -2.37. The number of nitrogens with one attached hydrogen (secondary N) is 1. The summed E-state index contributed by atoms with van der Waals surface area (Å²) in [6, 6.07) is 9.44. The molecule has 0 unspecified atom stereocenters. The third-order valence-electron chi connectivity index (χ3n) is 6.05. The standard InChI is InChI=1S/C22H27N3O3/c1-16-5-3-7-19(17(16)2)28-20-18(6-4-11-23-20)24-21(26)25-12-8-22(15-25)9-13-27-14-10-22/h3-7,11H,8-10,12-15H2,1-2H3,(H,24,26). The van der Waals surface area contributed by atoms with E-state index in [2.05, 4.69) is 10.3 Å². The van der Waals surface area contributed by atoms with Crippen molar-refractivity contribution in [2.75, 3.05) is 31.6 Å². The number of ether oxygens (including phenoxy) is 2. The maximum absolute atomic E-state index is 12.9. The fraction of sp³-hybridized carbons (Fsp3) is 0.455. The zero-order valence-corrected chi connectivity index (χ0v) is 16.5. The van der Waals surface area contributed by atoms with Crippen molar-refractivity contribution in [3.8, 4) is 11.6 Å². The molecule has 2 fully saturated rings. The van der Waals surface area contributed by atoms with Crippen LogP contribution in [0.15, 0.2) is 36.5 Å². The van der Waals surface area contributed by atoms with Crippen molar-refractivity contribution in [1.29, 1.82) is 0 Å². The fourth-order valence-corrected chi connectivity index (χ4v) is 4.02. The molecular weight excluding hydrogens is 354 g/mol. The number of hydrogen-bond donors (Lipinski definition) is 1. The number of pyridine rings is 1. The molecule has 0 bridgehead atoms. The van der Waals surface area contributed by atoms with Crippen LogP contribution in [0.3, 0.4) is 0 Å². The molecule has 2 aromatic rings. The first-order valence-corrected chi connectivity index (χ1v) is 9.89. The van der Waals surface area contributed by atoms with Gasteiger partial charge in [0, 0.05) is 32.5 Å². The molecule has 1 aromatic carbocycles. The van der Waals surface area contributed by atoms with Crippen molar-refractivity contribution in [2.45, 2.75) is 33.1 Å². The van der Waals surface area contributed by atoms with Crippen LogP contribution in [-0.2, 0) is 4.74 Å². The summed E-state index contributed by atoms with van der Waals surface area (Å²) in [7, 11) is 0. The second-order valence-corrected chi connectivity index (χ2v) is 7.87. The minimum absolute atomic E-state index is 0.0952. The molecule has 28 heavy (non-hydrogen) atoms. The summed E-state index contributed by atoms with van der Waals surface area (Å²) >= 11 is 0. The molecule has 4 rings (SSSR count). The monoisotopic (exact) mass is 381 g/mol. The quantitative estimate of drug-likeness (QED) is 0.849. The van der Waals surface area contributed by atoms with Crippen LogP contribution in [0.1, 0.15) is 30.4 Å². The highest BCUT2D eigenvalue weighted by Gasteiger charge is 2.41. The molecule has 6 nitrogen and oxygen atoms in total. The van der Waals surface area contributed by atoms with Crippen molar-refractivity contribution in [3.63, 3.8) is 0 Å². The van der Waals surface area contributed by atoms with Gasteiger partial charge in [-0.1, -0.05) is 12.1 Å². The Morgan fingerprint density at radius 2 is 2.00 bits per heavy atom. The van der Waals surface area contributed by atoms with Gasteiger partial charge in [-0.25, -0.2) is 9.78 Å². The van der Waals surface area contributed by atoms with Crippen LogP contribution < -0.4 is 10.1 Å². The number of carbonyl (C=O) groups excluding carboxylic acids is 1. The highest BCUT2D eigenvalue weighted by molar-refractivity contribution is 5.90. The van der Waals surface area contributed by atoms with Crippen LogP contribution >= 0.6 is 0 Å². The van der Waals surface area contributed by atoms with Gasteiger partial charge in [-0.3, -0.25) is 0 Å². The summed E-state index contributed by atoms with van der Waals surface area (Å²) in [6.07, 6.45) is 4.78. The number of hydrogen-bond acceptors (Lipinski definition) is 4. The van der Waals surface area contributed by atoms with Gasteiger partial charge < -0.3 is 19.7 Å². The average molecular weight is 381 g/mol. The van der Waals surface area contributed by atoms with Gasteiger partial charge in [-0.05, 0) is 67.9 Å².